The van der Waals surface area contributed by atoms with E-state index in [2.05, 4.69) is 16.4 Å². The lowest BCUT2D eigenvalue weighted by molar-refractivity contribution is -0.116. The first-order chi connectivity index (χ1) is 15.1. The minimum Gasteiger partial charge on any atom is -0.493 e. The van der Waals surface area contributed by atoms with Crippen LogP contribution in [0.3, 0.4) is 0 Å². The van der Waals surface area contributed by atoms with Crippen LogP contribution >= 0.6 is 0 Å². The highest BCUT2D eigenvalue weighted by Crippen LogP contribution is 2.43. The standard InChI is InChI=1S/C24H23N3O4/c1-29-21-10-15(11-22(30-2)24(21)31-3)16-9-20-19(26-13-16)12-23(28)27(20)17-4-5-18-14(8-17)6-7-25-18/h4-5,8-11,13,25H,6-7,12H2,1-3H3. The summed E-state index contributed by atoms with van der Waals surface area (Å²) in [7, 11) is 4.75. The number of benzene rings is 2. The largest absolute Gasteiger partial charge is 0.493 e. The highest BCUT2D eigenvalue weighted by molar-refractivity contribution is 6.07. The van der Waals surface area contributed by atoms with Crippen LogP contribution in [-0.2, 0) is 17.6 Å². The summed E-state index contributed by atoms with van der Waals surface area (Å²) in [6.07, 6.45) is 3.03. The molecule has 7 heteroatoms. The second-order valence-corrected chi connectivity index (χ2v) is 7.53. The number of methoxy groups -OCH3 is 3. The van der Waals surface area contributed by atoms with Crippen molar-refractivity contribution < 1.29 is 19.0 Å². The molecule has 2 aliphatic heterocycles. The number of nitrogens with one attached hydrogen (secondary N) is 1. The average molecular weight is 417 g/mol. The number of ether oxygens (including phenoxy) is 3. The number of pyridine rings is 1. The number of aromatic nitrogens is 1. The Balaban J connectivity index is 1.59. The van der Waals surface area contributed by atoms with E-state index in [0.717, 1.165) is 46.8 Å². The summed E-state index contributed by atoms with van der Waals surface area (Å²) in [4.78, 5) is 19.2. The monoisotopic (exact) mass is 417 g/mol. The van der Waals surface area contributed by atoms with Crippen molar-refractivity contribution in [3.63, 3.8) is 0 Å². The molecular formula is C24H23N3O4. The van der Waals surface area contributed by atoms with Gasteiger partial charge < -0.3 is 19.5 Å². The molecular weight excluding hydrogens is 394 g/mol. The molecule has 0 unspecified atom stereocenters. The van der Waals surface area contributed by atoms with E-state index in [9.17, 15) is 4.79 Å². The topological polar surface area (TPSA) is 72.9 Å². The van der Waals surface area contributed by atoms with Crippen LogP contribution in [0, 0.1) is 0 Å². The first kappa shape index (κ1) is 19.2. The summed E-state index contributed by atoms with van der Waals surface area (Å²) in [6, 6.07) is 11.9. The summed E-state index contributed by atoms with van der Waals surface area (Å²) >= 11 is 0. The van der Waals surface area contributed by atoms with E-state index < -0.39 is 0 Å². The molecule has 0 bridgehead atoms. The molecule has 0 radical (unpaired) electrons. The first-order valence-corrected chi connectivity index (χ1v) is 10.1. The van der Waals surface area contributed by atoms with E-state index in [4.69, 9.17) is 14.2 Å². The zero-order valence-corrected chi connectivity index (χ0v) is 17.7. The van der Waals surface area contributed by atoms with E-state index in [-0.39, 0.29) is 5.91 Å². The predicted molar refractivity (Wildman–Crippen MR) is 119 cm³/mol. The smallest absolute Gasteiger partial charge is 0.237 e. The van der Waals surface area contributed by atoms with Gasteiger partial charge in [0.2, 0.25) is 11.7 Å². The Kier molecular flexibility index (Phi) is 4.66. The second-order valence-electron chi connectivity index (χ2n) is 7.53. The molecule has 7 nitrogen and oxygen atoms in total. The van der Waals surface area contributed by atoms with Gasteiger partial charge in [0, 0.05) is 29.7 Å². The third-order valence-corrected chi connectivity index (χ3v) is 5.81. The van der Waals surface area contributed by atoms with Gasteiger partial charge in [-0.3, -0.25) is 14.7 Å². The van der Waals surface area contributed by atoms with Crippen molar-refractivity contribution in [2.24, 2.45) is 0 Å². The van der Waals surface area contributed by atoms with E-state index in [1.807, 2.05) is 30.3 Å². The number of nitrogens with zero attached hydrogens (tertiary/aromatic N) is 2. The maximum Gasteiger partial charge on any atom is 0.237 e. The molecule has 158 valence electrons. The normalized spacial score (nSPS) is 14.2. The zero-order chi connectivity index (χ0) is 21.5. The number of fused-ring (bicyclic) bond motifs is 2. The van der Waals surface area contributed by atoms with Crippen molar-refractivity contribution >= 4 is 23.0 Å². The van der Waals surface area contributed by atoms with Crippen LogP contribution < -0.4 is 24.4 Å². The minimum atomic E-state index is 0.0236. The molecule has 0 spiro atoms. The molecule has 3 heterocycles. The Labute approximate surface area is 180 Å². The maximum absolute atomic E-state index is 12.9. The van der Waals surface area contributed by atoms with Crippen molar-refractivity contribution in [1.82, 2.24) is 4.98 Å². The highest BCUT2D eigenvalue weighted by atomic mass is 16.5. The number of anilines is 3. The fourth-order valence-corrected chi connectivity index (χ4v) is 4.29. The van der Waals surface area contributed by atoms with Crippen LogP contribution in [-0.4, -0.2) is 38.8 Å². The van der Waals surface area contributed by atoms with Crippen LogP contribution in [0.1, 0.15) is 11.3 Å². The maximum atomic E-state index is 12.9. The van der Waals surface area contributed by atoms with Crippen molar-refractivity contribution in [2.75, 3.05) is 38.1 Å². The van der Waals surface area contributed by atoms with Gasteiger partial charge in [-0.1, -0.05) is 0 Å². The summed E-state index contributed by atoms with van der Waals surface area (Å²) in [6.45, 7) is 0.927. The zero-order valence-electron chi connectivity index (χ0n) is 17.7. The number of amides is 1. The number of rotatable bonds is 5. The van der Waals surface area contributed by atoms with Gasteiger partial charge in [0.25, 0.3) is 0 Å². The van der Waals surface area contributed by atoms with Crippen LogP contribution in [0.5, 0.6) is 17.2 Å². The quantitative estimate of drug-likeness (QED) is 0.677. The van der Waals surface area contributed by atoms with Gasteiger partial charge >= 0.3 is 0 Å². The van der Waals surface area contributed by atoms with Gasteiger partial charge in [0.05, 0.1) is 39.1 Å². The average Bonchev–Trinajstić information content (AvgIpc) is 3.40. The van der Waals surface area contributed by atoms with Gasteiger partial charge in [-0.05, 0) is 53.9 Å². The van der Waals surface area contributed by atoms with Gasteiger partial charge in [-0.2, -0.15) is 0 Å². The van der Waals surface area contributed by atoms with E-state index in [1.54, 1.807) is 32.4 Å². The van der Waals surface area contributed by atoms with E-state index in [1.165, 1.54) is 5.56 Å². The Hall–Kier alpha value is -3.74. The third kappa shape index (κ3) is 3.13. The third-order valence-electron chi connectivity index (χ3n) is 5.81. The number of hydrogen-bond donors (Lipinski definition) is 1. The summed E-state index contributed by atoms with van der Waals surface area (Å²) < 4.78 is 16.4. The molecule has 1 aromatic heterocycles. The predicted octanol–water partition coefficient (Wildman–Crippen LogP) is 3.96. The molecule has 0 fully saturated rings. The number of hydrogen-bond acceptors (Lipinski definition) is 6. The number of carbonyl (C=O) groups is 1. The van der Waals surface area contributed by atoms with Crippen molar-refractivity contribution in [2.45, 2.75) is 12.8 Å². The Morgan fingerprint density at radius 2 is 1.74 bits per heavy atom. The molecule has 0 saturated carbocycles. The van der Waals surface area contributed by atoms with Gasteiger partial charge in [0.15, 0.2) is 11.5 Å². The highest BCUT2D eigenvalue weighted by Gasteiger charge is 2.31. The summed E-state index contributed by atoms with van der Waals surface area (Å²) in [5.41, 5.74) is 6.55. The van der Waals surface area contributed by atoms with Gasteiger partial charge in [-0.25, -0.2) is 0 Å². The Bertz CT molecular complexity index is 1170. The van der Waals surface area contributed by atoms with Crippen molar-refractivity contribution in [1.29, 1.82) is 0 Å². The van der Waals surface area contributed by atoms with E-state index in [0.29, 0.717) is 23.7 Å². The molecule has 3 aromatic rings. The lowest BCUT2D eigenvalue weighted by Crippen LogP contribution is -2.20. The fourth-order valence-electron chi connectivity index (χ4n) is 4.29. The van der Waals surface area contributed by atoms with Crippen LogP contribution in [0.2, 0.25) is 0 Å². The first-order valence-electron chi connectivity index (χ1n) is 10.1. The van der Waals surface area contributed by atoms with Gasteiger partial charge in [-0.15, -0.1) is 0 Å². The van der Waals surface area contributed by atoms with Gasteiger partial charge in [0.1, 0.15) is 0 Å². The fraction of sp³-hybridized carbons (Fsp3) is 0.250. The molecule has 1 N–H and O–H groups in total. The molecule has 1 amide bonds. The lowest BCUT2D eigenvalue weighted by Gasteiger charge is -2.19. The lowest BCUT2D eigenvalue weighted by atomic mass is 10.0. The summed E-state index contributed by atoms with van der Waals surface area (Å²) in [5, 5.41) is 3.36. The minimum absolute atomic E-state index is 0.0236. The molecule has 2 aromatic carbocycles. The SMILES string of the molecule is COc1cc(-c2cnc3c(c2)N(c2ccc4c(c2)CCN4)C(=O)C3)cc(OC)c1OC. The van der Waals surface area contributed by atoms with Crippen molar-refractivity contribution in [3.8, 4) is 28.4 Å². The summed E-state index contributed by atoms with van der Waals surface area (Å²) in [5.74, 6) is 1.69. The van der Waals surface area contributed by atoms with Crippen molar-refractivity contribution in [3.05, 3.63) is 53.9 Å². The second kappa shape index (κ2) is 7.50. The Morgan fingerprint density at radius 3 is 2.45 bits per heavy atom. The molecule has 0 aliphatic carbocycles. The van der Waals surface area contributed by atoms with Crippen LogP contribution in [0.15, 0.2) is 42.6 Å². The van der Waals surface area contributed by atoms with E-state index >= 15 is 0 Å². The number of carbonyl (C=O) groups excluding carboxylic acids is 1. The van der Waals surface area contributed by atoms with Crippen LogP contribution in [0.25, 0.3) is 11.1 Å². The van der Waals surface area contributed by atoms with Crippen LogP contribution in [0.4, 0.5) is 17.1 Å². The Morgan fingerprint density at radius 1 is 0.968 bits per heavy atom. The molecule has 2 aliphatic rings. The molecule has 31 heavy (non-hydrogen) atoms. The molecule has 5 rings (SSSR count). The molecule has 0 saturated heterocycles. The molecule has 0 atom stereocenters.